The van der Waals surface area contributed by atoms with Gasteiger partial charge in [0.25, 0.3) is 12.0 Å². The summed E-state index contributed by atoms with van der Waals surface area (Å²) in [6.45, 7) is 4.19. The number of esters is 1. The number of carbonyl (C=O) groups excluding carboxylic acids is 2. The molecule has 17 heteroatoms. The van der Waals surface area contributed by atoms with Gasteiger partial charge in [-0.05, 0) is 36.6 Å². The molecule has 4 rings (SSSR count). The predicted octanol–water partition coefficient (Wildman–Crippen LogP) is 3.77. The number of halogens is 3. The molecule has 0 unspecified atom stereocenters. The summed E-state index contributed by atoms with van der Waals surface area (Å²) < 4.78 is 42.5. The lowest BCUT2D eigenvalue weighted by molar-refractivity contribution is -0.123. The van der Waals surface area contributed by atoms with E-state index in [2.05, 4.69) is 15.6 Å². The Morgan fingerprint density at radius 2 is 1.71 bits per heavy atom. The van der Waals surface area contributed by atoms with Crippen molar-refractivity contribution in [3.05, 3.63) is 75.7 Å². The van der Waals surface area contributed by atoms with Crippen molar-refractivity contribution in [1.29, 1.82) is 5.41 Å². The summed E-state index contributed by atoms with van der Waals surface area (Å²) in [7, 11) is 1.50. The Morgan fingerprint density at radius 1 is 1.12 bits per heavy atom. The van der Waals surface area contributed by atoms with E-state index >= 15 is 0 Å². The molecule has 2 aromatic carbocycles. The predicted molar refractivity (Wildman–Crippen MR) is 178 cm³/mol. The van der Waals surface area contributed by atoms with Gasteiger partial charge in [0.1, 0.15) is 19.0 Å². The second-order valence-electron chi connectivity index (χ2n) is 10.0. The lowest BCUT2D eigenvalue weighted by Gasteiger charge is -2.16. The van der Waals surface area contributed by atoms with E-state index in [1.807, 2.05) is 13.8 Å². The number of rotatable bonds is 12. The number of nitrogen functional groups attached to an aromatic ring is 2. The van der Waals surface area contributed by atoms with Crippen molar-refractivity contribution in [1.82, 2.24) is 14.9 Å². The molecule has 0 aliphatic heterocycles. The fourth-order valence-electron chi connectivity index (χ4n) is 3.82. The van der Waals surface area contributed by atoms with Crippen molar-refractivity contribution in [3.8, 4) is 11.3 Å². The van der Waals surface area contributed by atoms with Crippen molar-refractivity contribution in [2.45, 2.75) is 58.9 Å². The van der Waals surface area contributed by atoms with Crippen molar-refractivity contribution in [2.24, 2.45) is 5.73 Å². The zero-order chi connectivity index (χ0) is 37.1. The van der Waals surface area contributed by atoms with E-state index in [1.54, 1.807) is 36.4 Å². The minimum Gasteiger partial charge on any atom is -0.483 e. The summed E-state index contributed by atoms with van der Waals surface area (Å²) in [4.78, 5) is 51.6. The van der Waals surface area contributed by atoms with Crippen LogP contribution in [0.1, 0.15) is 55.1 Å². The molecule has 1 fully saturated rings. The lowest BCUT2D eigenvalue weighted by Crippen LogP contribution is -2.34. The molecule has 1 amide bonds. The fraction of sp³-hybridized carbons (Fsp3) is 0.375. The molecule has 14 nitrogen and oxygen atoms in total. The minimum absolute atomic E-state index is 0.0428. The van der Waals surface area contributed by atoms with Crippen LogP contribution in [0, 0.1) is 5.41 Å². The maximum atomic E-state index is 13.4. The van der Waals surface area contributed by atoms with E-state index in [9.17, 15) is 27.6 Å². The number of nitrogens with two attached hydrogens (primary N) is 2. The Kier molecular flexibility index (Phi) is 17.6. The number of ether oxygens (including phenoxy) is 2. The summed E-state index contributed by atoms with van der Waals surface area (Å²) in [5.41, 5.74) is 13.7. The summed E-state index contributed by atoms with van der Waals surface area (Å²) in [5.74, 6) is -0.889. The number of amides is 1. The average molecular weight is 694 g/mol. The standard InChI is InChI=1S/C27H31N7O5.C2H3F3.C2H6.CH2O2/c1-38-8-9-39-27(37)19-10-18(11-20(28)12-19)22-14-32-25(33-21-6-7-21)26(36)34(22)15-23(35)31-13-16-2-4-17(5-3-16)24(29)30;1-2(3,4)5;1-2;2-1-3/h2-5,10-12,14,21H,6-9,13,15,28H2,1H3,(H3,29,30)(H,31,35)(H,32,33);1H3;1-2H3;1H,(H,2,3). The molecule has 3 aromatic rings. The lowest BCUT2D eigenvalue weighted by atomic mass is 10.1. The molecule has 1 heterocycles. The molecule has 49 heavy (non-hydrogen) atoms. The third-order valence-electron chi connectivity index (χ3n) is 6.04. The highest BCUT2D eigenvalue weighted by molar-refractivity contribution is 5.95. The molecule has 1 saturated carbocycles. The van der Waals surface area contributed by atoms with Crippen LogP contribution in [0.5, 0.6) is 0 Å². The second kappa shape index (κ2) is 20.7. The van der Waals surface area contributed by atoms with Crippen LogP contribution in [0.15, 0.2) is 53.5 Å². The number of hydrogen-bond acceptors (Lipinski definition) is 10. The SMILES string of the molecule is CC.CC(F)(F)F.COCCOC(=O)c1cc(N)cc(-c2cnc(NC3CC3)c(=O)n2CC(=O)NCc2ccc(C(=N)N)cc2)c1.O=CO. The van der Waals surface area contributed by atoms with Crippen molar-refractivity contribution in [2.75, 3.05) is 31.4 Å². The van der Waals surface area contributed by atoms with Gasteiger partial charge in [0.15, 0.2) is 5.82 Å². The quantitative estimate of drug-likeness (QED) is 0.0400. The summed E-state index contributed by atoms with van der Waals surface area (Å²) in [5, 5.41) is 20.3. The van der Waals surface area contributed by atoms with Gasteiger partial charge in [-0.2, -0.15) is 13.2 Å². The van der Waals surface area contributed by atoms with Gasteiger partial charge in [0.2, 0.25) is 5.91 Å². The Bertz CT molecular complexity index is 1590. The maximum absolute atomic E-state index is 13.4. The minimum atomic E-state index is -4.00. The highest BCUT2D eigenvalue weighted by Gasteiger charge is 2.24. The maximum Gasteiger partial charge on any atom is 0.386 e. The van der Waals surface area contributed by atoms with Crippen molar-refractivity contribution >= 4 is 35.7 Å². The number of methoxy groups -OCH3 is 1. The highest BCUT2D eigenvalue weighted by Crippen LogP contribution is 2.26. The van der Waals surface area contributed by atoms with Gasteiger partial charge in [0.05, 0.1) is 24.1 Å². The number of hydrogen-bond donors (Lipinski definition) is 6. The number of anilines is 2. The number of alkyl halides is 3. The summed E-state index contributed by atoms with van der Waals surface area (Å²) >= 11 is 0. The van der Waals surface area contributed by atoms with E-state index in [-0.39, 0.29) is 68.6 Å². The molecule has 0 atom stereocenters. The first kappa shape index (κ1) is 41.6. The van der Waals surface area contributed by atoms with Gasteiger partial charge < -0.3 is 36.7 Å². The van der Waals surface area contributed by atoms with Crippen LogP contribution in [0.3, 0.4) is 0 Å². The van der Waals surface area contributed by atoms with Crippen LogP contribution in [-0.4, -0.2) is 71.4 Å². The Morgan fingerprint density at radius 3 is 2.24 bits per heavy atom. The van der Waals surface area contributed by atoms with Crippen LogP contribution in [0.25, 0.3) is 11.3 Å². The average Bonchev–Trinajstić information content (AvgIpc) is 3.87. The Labute approximate surface area is 281 Å². The normalized spacial score (nSPS) is 11.6. The number of aromatic nitrogens is 2. The first-order chi connectivity index (χ1) is 23.2. The third kappa shape index (κ3) is 15.8. The Balaban J connectivity index is 0.00000107. The topological polar surface area (TPSA) is 225 Å². The molecule has 1 aliphatic rings. The number of benzene rings is 2. The van der Waals surface area contributed by atoms with E-state index in [4.69, 9.17) is 36.3 Å². The fourth-order valence-corrected chi connectivity index (χ4v) is 3.82. The van der Waals surface area contributed by atoms with Crippen LogP contribution in [0.4, 0.5) is 24.7 Å². The van der Waals surface area contributed by atoms with Gasteiger partial charge in [0, 0.05) is 43.4 Å². The molecule has 268 valence electrons. The summed E-state index contributed by atoms with van der Waals surface area (Å²) in [6.07, 6.45) is -0.639. The molecule has 0 bridgehead atoms. The first-order valence-electron chi connectivity index (χ1n) is 14.9. The molecule has 1 aromatic heterocycles. The van der Waals surface area contributed by atoms with Crippen LogP contribution in [0.2, 0.25) is 0 Å². The monoisotopic (exact) mass is 693 g/mol. The van der Waals surface area contributed by atoms with Gasteiger partial charge in [-0.25, -0.2) is 9.78 Å². The first-order valence-corrected chi connectivity index (χ1v) is 14.9. The Hall–Kier alpha value is -5.45. The molecular weight excluding hydrogens is 651 g/mol. The molecular formula is C32H42F3N7O7. The van der Waals surface area contributed by atoms with E-state index in [0.717, 1.165) is 18.4 Å². The van der Waals surface area contributed by atoms with E-state index in [0.29, 0.717) is 16.8 Å². The van der Waals surface area contributed by atoms with E-state index < -0.39 is 23.6 Å². The van der Waals surface area contributed by atoms with Gasteiger partial charge >= 0.3 is 12.1 Å². The molecule has 1 aliphatic carbocycles. The zero-order valence-electron chi connectivity index (χ0n) is 27.6. The summed E-state index contributed by atoms with van der Waals surface area (Å²) in [6, 6.07) is 11.7. The van der Waals surface area contributed by atoms with Gasteiger partial charge in [-0.15, -0.1) is 0 Å². The largest absolute Gasteiger partial charge is 0.483 e. The number of carboxylic acid groups (broad SMARTS) is 1. The van der Waals surface area contributed by atoms with Crippen molar-refractivity contribution < 1.29 is 42.1 Å². The van der Waals surface area contributed by atoms with Crippen LogP contribution < -0.4 is 27.7 Å². The number of nitrogens with one attached hydrogen (secondary N) is 3. The third-order valence-corrected chi connectivity index (χ3v) is 6.04. The molecule has 0 spiro atoms. The number of carbonyl (C=O) groups is 3. The second-order valence-corrected chi connectivity index (χ2v) is 10.0. The van der Waals surface area contributed by atoms with Crippen LogP contribution >= 0.6 is 0 Å². The van der Waals surface area contributed by atoms with Gasteiger partial charge in [-0.1, -0.05) is 38.1 Å². The molecule has 8 N–H and O–H groups in total. The zero-order valence-corrected chi connectivity index (χ0v) is 27.6. The van der Waals surface area contributed by atoms with Crippen LogP contribution in [-0.2, 0) is 32.2 Å². The number of nitrogens with zero attached hydrogens (tertiary/aromatic N) is 2. The van der Waals surface area contributed by atoms with Gasteiger partial charge in [-0.3, -0.25) is 24.4 Å². The molecule has 0 radical (unpaired) electrons. The number of amidine groups is 1. The smallest absolute Gasteiger partial charge is 0.386 e. The van der Waals surface area contributed by atoms with Crippen molar-refractivity contribution in [3.63, 3.8) is 0 Å². The van der Waals surface area contributed by atoms with E-state index in [1.165, 1.54) is 23.9 Å². The highest BCUT2D eigenvalue weighted by atomic mass is 19.4. The molecule has 0 saturated heterocycles.